The molecular weight excluding hydrogens is 436 g/mol. The Morgan fingerprint density at radius 3 is 2.30 bits per heavy atom. The molecule has 0 atom stereocenters. The molecule has 5 nitrogen and oxygen atoms in total. The molecule has 2 amide bonds. The van der Waals surface area contributed by atoms with E-state index in [1.807, 2.05) is 70.2 Å². The van der Waals surface area contributed by atoms with Crippen LogP contribution in [0.15, 0.2) is 66.4 Å². The third-order valence-electron chi connectivity index (χ3n) is 5.74. The first-order valence-corrected chi connectivity index (χ1v) is 11.1. The molecule has 3 aromatic rings. The number of carbonyl (C=O) groups excluding carboxylic acids is 2. The van der Waals surface area contributed by atoms with E-state index < -0.39 is 11.8 Å². The molecule has 0 saturated heterocycles. The lowest BCUT2D eigenvalue weighted by molar-refractivity contribution is -0.120. The van der Waals surface area contributed by atoms with Crippen molar-refractivity contribution in [3.63, 3.8) is 0 Å². The Hall–Kier alpha value is -3.57. The topological polar surface area (TPSA) is 58.6 Å². The second-order valence-corrected chi connectivity index (χ2v) is 8.39. The predicted octanol–water partition coefficient (Wildman–Crippen LogP) is 6.06. The largest absolute Gasteiger partial charge is 0.492 e. The second kappa shape index (κ2) is 9.12. The first-order chi connectivity index (χ1) is 15.8. The van der Waals surface area contributed by atoms with Crippen molar-refractivity contribution in [2.75, 3.05) is 16.8 Å². The first kappa shape index (κ1) is 22.6. The van der Waals surface area contributed by atoms with Crippen LogP contribution in [0.5, 0.6) is 5.75 Å². The van der Waals surface area contributed by atoms with Crippen LogP contribution in [0.1, 0.15) is 29.2 Å². The minimum absolute atomic E-state index is 0.201. The standard InChI is InChI=1S/C27H25ClN2O3/c1-5-33-23-9-7-6-8-22(23)29-25-24(19-12-10-16(2)18(4)14-19)26(31)30(27(25)32)20-13-11-17(3)21(28)15-20/h6-15,29H,5H2,1-4H3. The summed E-state index contributed by atoms with van der Waals surface area (Å²) in [7, 11) is 0. The minimum atomic E-state index is -0.445. The highest BCUT2D eigenvalue weighted by Gasteiger charge is 2.40. The van der Waals surface area contributed by atoms with Gasteiger partial charge in [-0.15, -0.1) is 0 Å². The molecule has 0 aromatic heterocycles. The van der Waals surface area contributed by atoms with Crippen molar-refractivity contribution in [2.45, 2.75) is 27.7 Å². The van der Waals surface area contributed by atoms with Crippen molar-refractivity contribution < 1.29 is 14.3 Å². The van der Waals surface area contributed by atoms with E-state index in [1.165, 1.54) is 4.90 Å². The van der Waals surface area contributed by atoms with E-state index in [9.17, 15) is 9.59 Å². The van der Waals surface area contributed by atoms with E-state index in [2.05, 4.69) is 5.32 Å². The smallest absolute Gasteiger partial charge is 0.282 e. The summed E-state index contributed by atoms with van der Waals surface area (Å²) in [4.78, 5) is 28.4. The molecule has 1 heterocycles. The SMILES string of the molecule is CCOc1ccccc1NC1=C(c2ccc(C)c(C)c2)C(=O)N(c2ccc(C)c(Cl)c2)C1=O. The number of para-hydroxylation sites is 2. The number of hydrogen-bond donors (Lipinski definition) is 1. The number of imide groups is 1. The number of halogens is 1. The van der Waals surface area contributed by atoms with Crippen molar-refractivity contribution in [3.05, 3.63) is 93.6 Å². The minimum Gasteiger partial charge on any atom is -0.492 e. The molecule has 1 N–H and O–H groups in total. The summed E-state index contributed by atoms with van der Waals surface area (Å²) in [6.45, 7) is 8.23. The van der Waals surface area contributed by atoms with Crippen molar-refractivity contribution in [1.82, 2.24) is 0 Å². The molecule has 0 fully saturated rings. The summed E-state index contributed by atoms with van der Waals surface area (Å²) in [5, 5.41) is 3.68. The molecule has 3 aromatic carbocycles. The molecule has 168 valence electrons. The highest BCUT2D eigenvalue weighted by Crippen LogP contribution is 2.37. The van der Waals surface area contributed by atoms with Crippen molar-refractivity contribution >= 4 is 40.4 Å². The van der Waals surface area contributed by atoms with Crippen LogP contribution in [-0.4, -0.2) is 18.4 Å². The fourth-order valence-corrected chi connectivity index (χ4v) is 3.93. The van der Waals surface area contributed by atoms with Gasteiger partial charge in [-0.3, -0.25) is 9.59 Å². The fourth-order valence-electron chi connectivity index (χ4n) is 3.75. The van der Waals surface area contributed by atoms with Gasteiger partial charge in [0.25, 0.3) is 11.8 Å². The Morgan fingerprint density at radius 1 is 0.879 bits per heavy atom. The van der Waals surface area contributed by atoms with Crippen LogP contribution in [0, 0.1) is 20.8 Å². The number of rotatable bonds is 6. The third kappa shape index (κ3) is 4.24. The fraction of sp³-hybridized carbons (Fsp3) is 0.185. The molecular formula is C27H25ClN2O3. The quantitative estimate of drug-likeness (QED) is 0.454. The maximum absolute atomic E-state index is 13.7. The van der Waals surface area contributed by atoms with Crippen LogP contribution >= 0.6 is 11.6 Å². The van der Waals surface area contributed by atoms with Gasteiger partial charge in [0.2, 0.25) is 0 Å². The number of carbonyl (C=O) groups is 2. The Bertz CT molecular complexity index is 1300. The van der Waals surface area contributed by atoms with Crippen molar-refractivity contribution in [1.29, 1.82) is 0 Å². The van der Waals surface area contributed by atoms with E-state index in [0.717, 1.165) is 16.7 Å². The summed E-state index contributed by atoms with van der Waals surface area (Å²) in [5.41, 5.74) is 5.23. The molecule has 1 aliphatic rings. The molecule has 0 spiro atoms. The number of nitrogens with one attached hydrogen (secondary N) is 1. The van der Waals surface area contributed by atoms with Gasteiger partial charge in [0, 0.05) is 5.02 Å². The Morgan fingerprint density at radius 2 is 1.61 bits per heavy atom. The van der Waals surface area contributed by atoms with Crippen molar-refractivity contribution in [3.8, 4) is 5.75 Å². The number of anilines is 2. The van der Waals surface area contributed by atoms with E-state index in [-0.39, 0.29) is 5.70 Å². The maximum atomic E-state index is 13.7. The van der Waals surface area contributed by atoms with Gasteiger partial charge >= 0.3 is 0 Å². The summed E-state index contributed by atoms with van der Waals surface area (Å²) >= 11 is 6.31. The van der Waals surface area contributed by atoms with Crippen LogP contribution < -0.4 is 15.0 Å². The van der Waals surface area contributed by atoms with E-state index >= 15 is 0 Å². The van der Waals surface area contributed by atoms with E-state index in [0.29, 0.717) is 39.9 Å². The normalized spacial score (nSPS) is 13.7. The van der Waals surface area contributed by atoms with E-state index in [4.69, 9.17) is 16.3 Å². The summed E-state index contributed by atoms with van der Waals surface area (Å²) in [6.07, 6.45) is 0. The third-order valence-corrected chi connectivity index (χ3v) is 6.15. The molecule has 1 aliphatic heterocycles. The van der Waals surface area contributed by atoms with Crippen LogP contribution in [-0.2, 0) is 9.59 Å². The van der Waals surface area contributed by atoms with Crippen molar-refractivity contribution in [2.24, 2.45) is 0 Å². The van der Waals surface area contributed by atoms with Gasteiger partial charge < -0.3 is 10.1 Å². The highest BCUT2D eigenvalue weighted by molar-refractivity contribution is 6.46. The van der Waals surface area contributed by atoms with Gasteiger partial charge in [0.15, 0.2) is 0 Å². The molecule has 0 unspecified atom stereocenters. The summed E-state index contributed by atoms with van der Waals surface area (Å²) in [6, 6.07) is 18.3. The first-order valence-electron chi connectivity index (χ1n) is 10.8. The zero-order chi connectivity index (χ0) is 23.7. The van der Waals surface area contributed by atoms with Gasteiger partial charge in [-0.05, 0) is 74.2 Å². The molecule has 6 heteroatoms. The molecule has 33 heavy (non-hydrogen) atoms. The molecule has 0 radical (unpaired) electrons. The Labute approximate surface area is 198 Å². The van der Waals surface area contributed by atoms with Gasteiger partial charge in [-0.1, -0.05) is 48.0 Å². The van der Waals surface area contributed by atoms with Gasteiger partial charge in [0.1, 0.15) is 11.4 Å². The number of hydrogen-bond acceptors (Lipinski definition) is 4. The van der Waals surface area contributed by atoms with Gasteiger partial charge in [-0.25, -0.2) is 4.90 Å². The lowest BCUT2D eigenvalue weighted by Crippen LogP contribution is -2.32. The number of aryl methyl sites for hydroxylation is 3. The number of ether oxygens (including phenoxy) is 1. The lowest BCUT2D eigenvalue weighted by atomic mass is 9.99. The predicted molar refractivity (Wildman–Crippen MR) is 133 cm³/mol. The van der Waals surface area contributed by atoms with E-state index in [1.54, 1.807) is 18.2 Å². The number of benzene rings is 3. The average Bonchev–Trinajstić information content (AvgIpc) is 3.03. The Kier molecular flexibility index (Phi) is 6.25. The molecule has 0 aliphatic carbocycles. The highest BCUT2D eigenvalue weighted by atomic mass is 35.5. The van der Waals surface area contributed by atoms with Gasteiger partial charge in [-0.2, -0.15) is 0 Å². The molecule has 4 rings (SSSR count). The molecule has 0 saturated carbocycles. The average molecular weight is 461 g/mol. The number of nitrogens with zero attached hydrogens (tertiary/aromatic N) is 1. The lowest BCUT2D eigenvalue weighted by Gasteiger charge is -2.17. The number of amides is 2. The monoisotopic (exact) mass is 460 g/mol. The van der Waals surface area contributed by atoms with Crippen LogP contribution in [0.25, 0.3) is 5.57 Å². The second-order valence-electron chi connectivity index (χ2n) is 7.98. The van der Waals surface area contributed by atoms with Crippen LogP contribution in [0.3, 0.4) is 0 Å². The van der Waals surface area contributed by atoms with Crippen LogP contribution in [0.4, 0.5) is 11.4 Å². The zero-order valence-electron chi connectivity index (χ0n) is 19.0. The Balaban J connectivity index is 1.86. The zero-order valence-corrected chi connectivity index (χ0v) is 19.8. The summed E-state index contributed by atoms with van der Waals surface area (Å²) < 4.78 is 5.71. The maximum Gasteiger partial charge on any atom is 0.282 e. The molecule has 0 bridgehead atoms. The van der Waals surface area contributed by atoms with Gasteiger partial charge in [0.05, 0.1) is 23.6 Å². The summed E-state index contributed by atoms with van der Waals surface area (Å²) in [5.74, 6) is -0.247. The van der Waals surface area contributed by atoms with Crippen LogP contribution in [0.2, 0.25) is 5.02 Å².